The first-order valence-corrected chi connectivity index (χ1v) is 11.5. The molecule has 2 aromatic heterocycles. The highest BCUT2D eigenvalue weighted by atomic mass is 16.3. The standard InChI is InChI=1S/C24H35N5O/c1-19-9-10-23(26-18-19)29-15-12-21(13-16-29)28-24(27-20-6-3-2-4-7-20)25-14-11-22-8-5-17-30-22/h5,8-10,17-18,20-21H,2-4,6-7,11-16H2,1H3,(H2,25,27,28). The maximum absolute atomic E-state index is 5.45. The molecule has 0 atom stereocenters. The van der Waals surface area contributed by atoms with Crippen LogP contribution < -0.4 is 15.5 Å². The monoisotopic (exact) mass is 409 g/mol. The van der Waals surface area contributed by atoms with Crippen LogP contribution in [0.15, 0.2) is 46.1 Å². The molecule has 2 N–H and O–H groups in total. The summed E-state index contributed by atoms with van der Waals surface area (Å²) in [5.74, 6) is 3.06. The Morgan fingerprint density at radius 2 is 1.83 bits per heavy atom. The van der Waals surface area contributed by atoms with E-state index in [2.05, 4.69) is 39.6 Å². The summed E-state index contributed by atoms with van der Waals surface area (Å²) in [6, 6.07) is 9.23. The van der Waals surface area contributed by atoms with Crippen LogP contribution >= 0.6 is 0 Å². The van der Waals surface area contributed by atoms with Gasteiger partial charge in [0.1, 0.15) is 11.6 Å². The molecule has 0 spiro atoms. The van der Waals surface area contributed by atoms with Gasteiger partial charge in [0.15, 0.2) is 5.96 Å². The van der Waals surface area contributed by atoms with Gasteiger partial charge in [0, 0.05) is 44.3 Å². The number of anilines is 1. The molecule has 0 radical (unpaired) electrons. The Balaban J connectivity index is 1.31. The van der Waals surface area contributed by atoms with Crippen molar-refractivity contribution in [1.29, 1.82) is 0 Å². The third-order valence-electron chi connectivity index (χ3n) is 6.21. The quantitative estimate of drug-likeness (QED) is 0.556. The van der Waals surface area contributed by atoms with Crippen LogP contribution in [0, 0.1) is 6.92 Å². The highest BCUT2D eigenvalue weighted by molar-refractivity contribution is 5.80. The number of rotatable bonds is 6. The summed E-state index contributed by atoms with van der Waals surface area (Å²) >= 11 is 0. The third kappa shape index (κ3) is 6.00. The first kappa shape index (κ1) is 20.8. The second-order valence-electron chi connectivity index (χ2n) is 8.64. The summed E-state index contributed by atoms with van der Waals surface area (Å²) < 4.78 is 5.45. The summed E-state index contributed by atoms with van der Waals surface area (Å²) in [5, 5.41) is 7.44. The van der Waals surface area contributed by atoms with Crippen LogP contribution in [0.1, 0.15) is 56.3 Å². The van der Waals surface area contributed by atoms with Crippen molar-refractivity contribution in [3.63, 3.8) is 0 Å². The van der Waals surface area contributed by atoms with E-state index in [1.807, 2.05) is 18.3 Å². The molecule has 1 aliphatic carbocycles. The molecule has 0 bridgehead atoms. The lowest BCUT2D eigenvalue weighted by molar-refractivity contribution is 0.401. The number of guanidine groups is 1. The minimum atomic E-state index is 0.449. The van der Waals surface area contributed by atoms with Gasteiger partial charge in [0.05, 0.1) is 6.26 Å². The normalized spacial score (nSPS) is 19.1. The number of aliphatic imine (C=N–C) groups is 1. The lowest BCUT2D eigenvalue weighted by atomic mass is 9.95. The predicted octanol–water partition coefficient (Wildman–Crippen LogP) is 4.06. The van der Waals surface area contributed by atoms with Gasteiger partial charge in [0.25, 0.3) is 0 Å². The molecule has 3 heterocycles. The number of furan rings is 1. The van der Waals surface area contributed by atoms with Crippen LogP contribution in [-0.4, -0.2) is 42.7 Å². The van der Waals surface area contributed by atoms with Crippen LogP contribution in [0.2, 0.25) is 0 Å². The summed E-state index contributed by atoms with van der Waals surface area (Å²) in [5.41, 5.74) is 1.21. The molecule has 4 rings (SSSR count). The van der Waals surface area contributed by atoms with Crippen molar-refractivity contribution in [1.82, 2.24) is 15.6 Å². The zero-order valence-electron chi connectivity index (χ0n) is 18.1. The molecule has 0 unspecified atom stereocenters. The van der Waals surface area contributed by atoms with E-state index in [-0.39, 0.29) is 0 Å². The van der Waals surface area contributed by atoms with Gasteiger partial charge >= 0.3 is 0 Å². The fraction of sp³-hybridized carbons (Fsp3) is 0.583. The summed E-state index contributed by atoms with van der Waals surface area (Å²) in [6.45, 7) is 4.87. The van der Waals surface area contributed by atoms with E-state index in [1.54, 1.807) is 6.26 Å². The van der Waals surface area contributed by atoms with Crippen molar-refractivity contribution in [2.75, 3.05) is 24.5 Å². The molecule has 6 heteroatoms. The third-order valence-corrected chi connectivity index (χ3v) is 6.21. The predicted molar refractivity (Wildman–Crippen MR) is 122 cm³/mol. The average molecular weight is 410 g/mol. The molecule has 1 aliphatic heterocycles. The Morgan fingerprint density at radius 1 is 1.07 bits per heavy atom. The highest BCUT2D eigenvalue weighted by Crippen LogP contribution is 2.19. The first-order chi connectivity index (χ1) is 14.8. The number of aromatic nitrogens is 1. The van der Waals surface area contributed by atoms with E-state index < -0.39 is 0 Å². The van der Waals surface area contributed by atoms with E-state index >= 15 is 0 Å². The van der Waals surface area contributed by atoms with Gasteiger partial charge in [-0.05, 0) is 56.4 Å². The second kappa shape index (κ2) is 10.5. The van der Waals surface area contributed by atoms with E-state index in [1.165, 1.54) is 37.7 Å². The summed E-state index contributed by atoms with van der Waals surface area (Å²) in [7, 11) is 0. The van der Waals surface area contributed by atoms with Crippen LogP contribution in [0.4, 0.5) is 5.82 Å². The molecule has 0 aromatic carbocycles. The molecule has 2 aromatic rings. The molecule has 2 aliphatic rings. The van der Waals surface area contributed by atoms with Crippen LogP contribution in [-0.2, 0) is 6.42 Å². The lowest BCUT2D eigenvalue weighted by Crippen LogP contribution is -2.51. The molecule has 162 valence electrons. The van der Waals surface area contributed by atoms with Crippen LogP contribution in [0.25, 0.3) is 0 Å². The molecule has 0 amide bonds. The molecular formula is C24H35N5O. The van der Waals surface area contributed by atoms with Gasteiger partial charge in [-0.15, -0.1) is 0 Å². The summed E-state index contributed by atoms with van der Waals surface area (Å²) in [4.78, 5) is 11.9. The fourth-order valence-electron chi connectivity index (χ4n) is 4.40. The minimum absolute atomic E-state index is 0.449. The van der Waals surface area contributed by atoms with Gasteiger partial charge in [-0.25, -0.2) is 4.98 Å². The highest BCUT2D eigenvalue weighted by Gasteiger charge is 2.22. The SMILES string of the molecule is Cc1ccc(N2CCC(NC(=NCCc3ccco3)NC3CCCCC3)CC2)nc1. The molecule has 2 fully saturated rings. The van der Waals surface area contributed by atoms with Crippen molar-refractivity contribution < 1.29 is 4.42 Å². The minimum Gasteiger partial charge on any atom is -0.469 e. The Labute approximate surface area is 180 Å². The fourth-order valence-corrected chi connectivity index (χ4v) is 4.40. The molecule has 6 nitrogen and oxygen atoms in total. The van der Waals surface area contributed by atoms with E-state index in [4.69, 9.17) is 9.41 Å². The Bertz CT molecular complexity index is 772. The number of hydrogen-bond donors (Lipinski definition) is 2. The number of hydrogen-bond acceptors (Lipinski definition) is 4. The number of pyridine rings is 1. The van der Waals surface area contributed by atoms with Crippen molar-refractivity contribution in [3.8, 4) is 0 Å². The first-order valence-electron chi connectivity index (χ1n) is 11.5. The second-order valence-corrected chi connectivity index (χ2v) is 8.64. The molecular weight excluding hydrogens is 374 g/mol. The van der Waals surface area contributed by atoms with Gasteiger partial charge in [-0.1, -0.05) is 25.3 Å². The van der Waals surface area contributed by atoms with Gasteiger partial charge in [-0.3, -0.25) is 4.99 Å². The Morgan fingerprint density at radius 3 is 2.50 bits per heavy atom. The largest absolute Gasteiger partial charge is 0.469 e. The number of aryl methyl sites for hydroxylation is 1. The molecule has 1 saturated heterocycles. The average Bonchev–Trinajstić information content (AvgIpc) is 3.29. The zero-order valence-corrected chi connectivity index (χ0v) is 18.1. The van der Waals surface area contributed by atoms with Crippen molar-refractivity contribution in [2.45, 2.75) is 70.4 Å². The van der Waals surface area contributed by atoms with Crippen molar-refractivity contribution in [2.24, 2.45) is 4.99 Å². The number of piperidine rings is 1. The maximum atomic E-state index is 5.45. The molecule has 30 heavy (non-hydrogen) atoms. The number of nitrogens with zero attached hydrogens (tertiary/aromatic N) is 3. The topological polar surface area (TPSA) is 65.7 Å². The zero-order chi connectivity index (χ0) is 20.6. The maximum Gasteiger partial charge on any atom is 0.191 e. The Hall–Kier alpha value is -2.50. The van der Waals surface area contributed by atoms with E-state index in [0.717, 1.165) is 56.4 Å². The van der Waals surface area contributed by atoms with E-state index in [9.17, 15) is 0 Å². The van der Waals surface area contributed by atoms with Gasteiger partial charge in [0.2, 0.25) is 0 Å². The number of nitrogens with one attached hydrogen (secondary N) is 2. The van der Waals surface area contributed by atoms with Gasteiger partial charge < -0.3 is 20.0 Å². The lowest BCUT2D eigenvalue weighted by Gasteiger charge is -2.34. The smallest absolute Gasteiger partial charge is 0.191 e. The van der Waals surface area contributed by atoms with Crippen molar-refractivity contribution in [3.05, 3.63) is 48.0 Å². The Kier molecular flexibility index (Phi) is 7.27. The van der Waals surface area contributed by atoms with Crippen LogP contribution in [0.3, 0.4) is 0 Å². The van der Waals surface area contributed by atoms with Crippen molar-refractivity contribution >= 4 is 11.8 Å². The van der Waals surface area contributed by atoms with Crippen LogP contribution in [0.5, 0.6) is 0 Å². The van der Waals surface area contributed by atoms with Gasteiger partial charge in [-0.2, -0.15) is 0 Å². The summed E-state index contributed by atoms with van der Waals surface area (Å²) in [6.07, 6.45) is 13.2. The molecule has 1 saturated carbocycles. The van der Waals surface area contributed by atoms with E-state index in [0.29, 0.717) is 12.1 Å².